The summed E-state index contributed by atoms with van der Waals surface area (Å²) in [6.45, 7) is 1.05. The normalized spacial score (nSPS) is 17.8. The molecule has 0 N–H and O–H groups in total. The van der Waals surface area contributed by atoms with E-state index in [9.17, 15) is 13.2 Å². The van der Waals surface area contributed by atoms with Gasteiger partial charge in [-0.1, -0.05) is 34.1 Å². The van der Waals surface area contributed by atoms with Crippen LogP contribution in [0.15, 0.2) is 46.9 Å². The Hall–Kier alpha value is -2.00. The molecule has 2 aromatic carbocycles. The van der Waals surface area contributed by atoms with Gasteiger partial charge >= 0.3 is 6.18 Å². The molecule has 3 rings (SSSR count). The van der Waals surface area contributed by atoms with Gasteiger partial charge in [-0.15, -0.1) is 0 Å². The van der Waals surface area contributed by atoms with Crippen LogP contribution in [0.1, 0.15) is 29.0 Å². The van der Waals surface area contributed by atoms with E-state index in [1.807, 2.05) is 24.3 Å². The number of benzene rings is 2. The van der Waals surface area contributed by atoms with Crippen LogP contribution in [0.3, 0.4) is 0 Å². The van der Waals surface area contributed by atoms with Crippen LogP contribution in [0.2, 0.25) is 0 Å². The Morgan fingerprint density at radius 3 is 2.46 bits per heavy atom. The molecule has 1 fully saturated rings. The zero-order valence-electron chi connectivity index (χ0n) is 12.6. The summed E-state index contributed by atoms with van der Waals surface area (Å²) in [5.41, 5.74) is 0.0582. The standard InChI is InChI=1S/C18H14BrF3N2/c19-15-6-4-12(5-7-15)14-8-9-24(11-14)16-3-1-2-13(10-23)17(16)18(20,21)22/h1-7,14H,8-9,11H2/t14-/m1/s1. The van der Waals surface area contributed by atoms with Crippen molar-refractivity contribution < 1.29 is 13.2 Å². The van der Waals surface area contributed by atoms with Crippen molar-refractivity contribution in [2.24, 2.45) is 0 Å². The van der Waals surface area contributed by atoms with E-state index in [4.69, 9.17) is 5.26 Å². The monoisotopic (exact) mass is 394 g/mol. The zero-order chi connectivity index (χ0) is 17.3. The van der Waals surface area contributed by atoms with Crippen molar-refractivity contribution in [1.82, 2.24) is 0 Å². The minimum absolute atomic E-state index is 0.0983. The number of anilines is 1. The predicted octanol–water partition coefficient (Wildman–Crippen LogP) is 5.33. The number of hydrogen-bond donors (Lipinski definition) is 0. The average molecular weight is 395 g/mol. The third kappa shape index (κ3) is 3.27. The lowest BCUT2D eigenvalue weighted by Gasteiger charge is -2.24. The Morgan fingerprint density at radius 1 is 1.12 bits per heavy atom. The van der Waals surface area contributed by atoms with Gasteiger partial charge in [-0.25, -0.2) is 0 Å². The summed E-state index contributed by atoms with van der Waals surface area (Å²) in [7, 11) is 0. The van der Waals surface area contributed by atoms with Gasteiger partial charge in [0.25, 0.3) is 0 Å². The van der Waals surface area contributed by atoms with Crippen molar-refractivity contribution in [3.05, 3.63) is 63.6 Å². The summed E-state index contributed by atoms with van der Waals surface area (Å²) < 4.78 is 41.3. The van der Waals surface area contributed by atoms with Crippen molar-refractivity contribution in [1.29, 1.82) is 5.26 Å². The predicted molar refractivity (Wildman–Crippen MR) is 89.9 cm³/mol. The van der Waals surface area contributed by atoms with E-state index in [1.165, 1.54) is 18.2 Å². The first kappa shape index (κ1) is 16.8. The van der Waals surface area contributed by atoms with Gasteiger partial charge in [-0.05, 0) is 36.2 Å². The molecular weight excluding hydrogens is 381 g/mol. The molecule has 0 amide bonds. The summed E-state index contributed by atoms with van der Waals surface area (Å²) in [4.78, 5) is 1.73. The highest BCUT2D eigenvalue weighted by Crippen LogP contribution is 2.41. The Labute approximate surface area is 146 Å². The SMILES string of the molecule is N#Cc1cccc(N2CC[C@@H](c3ccc(Br)cc3)C2)c1C(F)(F)F. The van der Waals surface area contributed by atoms with Crippen molar-refractivity contribution in [2.75, 3.05) is 18.0 Å². The fourth-order valence-electron chi connectivity index (χ4n) is 3.18. The molecule has 0 aromatic heterocycles. The second-order valence-corrected chi connectivity index (χ2v) is 6.71. The van der Waals surface area contributed by atoms with Crippen molar-refractivity contribution in [2.45, 2.75) is 18.5 Å². The lowest BCUT2D eigenvalue weighted by Crippen LogP contribution is -2.24. The highest BCUT2D eigenvalue weighted by molar-refractivity contribution is 9.10. The van der Waals surface area contributed by atoms with Gasteiger partial charge in [-0.3, -0.25) is 0 Å². The third-order valence-electron chi connectivity index (χ3n) is 4.32. The molecule has 0 spiro atoms. The number of hydrogen-bond acceptors (Lipinski definition) is 2. The molecular formula is C18H14BrF3N2. The van der Waals surface area contributed by atoms with Gasteiger partial charge in [0.1, 0.15) is 0 Å². The number of rotatable bonds is 2. The lowest BCUT2D eigenvalue weighted by atomic mass is 9.98. The van der Waals surface area contributed by atoms with Crippen molar-refractivity contribution in [3.63, 3.8) is 0 Å². The van der Waals surface area contributed by atoms with Gasteiger partial charge in [0.15, 0.2) is 0 Å². The smallest absolute Gasteiger partial charge is 0.370 e. The summed E-state index contributed by atoms with van der Waals surface area (Å²) in [5, 5.41) is 9.03. The van der Waals surface area contributed by atoms with E-state index in [0.717, 1.165) is 16.5 Å². The Balaban J connectivity index is 1.91. The highest BCUT2D eigenvalue weighted by Gasteiger charge is 2.39. The summed E-state index contributed by atoms with van der Waals surface area (Å²) >= 11 is 3.38. The van der Waals surface area contributed by atoms with Crippen LogP contribution in [-0.4, -0.2) is 13.1 Å². The number of alkyl halides is 3. The first-order valence-electron chi connectivity index (χ1n) is 7.51. The Bertz CT molecular complexity index is 778. The summed E-state index contributed by atoms with van der Waals surface area (Å²) in [6, 6.07) is 13.7. The quantitative estimate of drug-likeness (QED) is 0.687. The summed E-state index contributed by atoms with van der Waals surface area (Å²) in [6.07, 6.45) is -3.76. The van der Waals surface area contributed by atoms with E-state index in [0.29, 0.717) is 13.1 Å². The molecule has 0 radical (unpaired) electrons. The molecule has 6 heteroatoms. The molecule has 0 aliphatic carbocycles. The first-order chi connectivity index (χ1) is 11.4. The van der Waals surface area contributed by atoms with Crippen LogP contribution in [0.4, 0.5) is 18.9 Å². The molecule has 1 aliphatic rings. The molecule has 0 unspecified atom stereocenters. The van der Waals surface area contributed by atoms with Crippen LogP contribution < -0.4 is 4.90 Å². The van der Waals surface area contributed by atoms with E-state index in [-0.39, 0.29) is 17.2 Å². The number of halogens is 4. The summed E-state index contributed by atoms with van der Waals surface area (Å²) in [5.74, 6) is 0.185. The van der Waals surface area contributed by atoms with Crippen LogP contribution in [0.25, 0.3) is 0 Å². The molecule has 0 bridgehead atoms. The van der Waals surface area contributed by atoms with Crippen LogP contribution in [0.5, 0.6) is 0 Å². The van der Waals surface area contributed by atoms with Crippen molar-refractivity contribution in [3.8, 4) is 6.07 Å². The maximum atomic E-state index is 13.4. The van der Waals surface area contributed by atoms with Gasteiger partial charge in [0.05, 0.1) is 22.9 Å². The minimum Gasteiger partial charge on any atom is -0.370 e. The Morgan fingerprint density at radius 2 is 1.83 bits per heavy atom. The van der Waals surface area contributed by atoms with Crippen LogP contribution >= 0.6 is 15.9 Å². The molecule has 24 heavy (non-hydrogen) atoms. The second kappa shape index (κ2) is 6.48. The van der Waals surface area contributed by atoms with E-state index in [2.05, 4.69) is 15.9 Å². The fraction of sp³-hybridized carbons (Fsp3) is 0.278. The van der Waals surface area contributed by atoms with E-state index >= 15 is 0 Å². The number of nitrogens with zero attached hydrogens (tertiary/aromatic N) is 2. The highest BCUT2D eigenvalue weighted by atomic mass is 79.9. The largest absolute Gasteiger partial charge is 0.419 e. The molecule has 2 nitrogen and oxygen atoms in total. The first-order valence-corrected chi connectivity index (χ1v) is 8.30. The van der Waals surface area contributed by atoms with Gasteiger partial charge in [0, 0.05) is 23.5 Å². The third-order valence-corrected chi connectivity index (χ3v) is 4.85. The lowest BCUT2D eigenvalue weighted by molar-refractivity contribution is -0.137. The molecule has 1 heterocycles. The maximum Gasteiger partial charge on any atom is 0.419 e. The topological polar surface area (TPSA) is 27.0 Å². The average Bonchev–Trinajstić information content (AvgIpc) is 3.03. The molecule has 0 saturated carbocycles. The van der Waals surface area contributed by atoms with E-state index < -0.39 is 11.7 Å². The molecule has 124 valence electrons. The molecule has 2 aromatic rings. The van der Waals surface area contributed by atoms with Gasteiger partial charge in [-0.2, -0.15) is 18.4 Å². The molecule has 1 aliphatic heterocycles. The van der Waals surface area contributed by atoms with Gasteiger partial charge < -0.3 is 4.90 Å². The van der Waals surface area contributed by atoms with Gasteiger partial charge in [0.2, 0.25) is 0 Å². The molecule has 1 atom stereocenters. The van der Waals surface area contributed by atoms with E-state index in [1.54, 1.807) is 11.0 Å². The molecule has 1 saturated heterocycles. The maximum absolute atomic E-state index is 13.4. The van der Waals surface area contributed by atoms with Crippen molar-refractivity contribution >= 4 is 21.6 Å². The minimum atomic E-state index is -4.54. The van der Waals surface area contributed by atoms with Crippen LogP contribution in [0, 0.1) is 11.3 Å². The second-order valence-electron chi connectivity index (χ2n) is 5.79. The van der Waals surface area contributed by atoms with Crippen LogP contribution in [-0.2, 0) is 6.18 Å². The zero-order valence-corrected chi connectivity index (χ0v) is 14.2. The fourth-order valence-corrected chi connectivity index (χ4v) is 3.45. The Kier molecular flexibility index (Phi) is 4.55. The number of nitriles is 1.